The maximum Gasteiger partial charge on any atom is 0.0839 e. The van der Waals surface area contributed by atoms with Gasteiger partial charge in [0.05, 0.1) is 12.2 Å². The highest BCUT2D eigenvalue weighted by atomic mass is 79.9. The number of halogens is 1. The summed E-state index contributed by atoms with van der Waals surface area (Å²) in [5, 5.41) is 8.14. The van der Waals surface area contributed by atoms with Crippen molar-refractivity contribution in [2.45, 2.75) is 19.9 Å². The number of hydrogen-bond donors (Lipinski definition) is 1. The van der Waals surface area contributed by atoms with E-state index in [1.54, 1.807) is 0 Å². The molecule has 0 saturated carbocycles. The zero-order valence-electron chi connectivity index (χ0n) is 9.73. The Labute approximate surface area is 109 Å². The van der Waals surface area contributed by atoms with Gasteiger partial charge in [-0.05, 0) is 30.7 Å². The van der Waals surface area contributed by atoms with Crippen molar-refractivity contribution in [1.29, 1.82) is 0 Å². The molecule has 2 rings (SSSR count). The zero-order chi connectivity index (χ0) is 12.3. The van der Waals surface area contributed by atoms with E-state index in [0.29, 0.717) is 6.54 Å². The summed E-state index contributed by atoms with van der Waals surface area (Å²) in [4.78, 5) is 0. The van der Waals surface area contributed by atoms with Crippen molar-refractivity contribution in [3.8, 4) is 0 Å². The molecule has 0 aliphatic carbocycles. The fraction of sp³-hybridized carbons (Fsp3) is 0.333. The SMILES string of the molecule is Cc1ccc(Cn2cc(CCN)nn2)cc1Br. The molecule has 0 amide bonds. The van der Waals surface area contributed by atoms with E-state index in [0.717, 1.165) is 23.1 Å². The third kappa shape index (κ3) is 3.14. The molecule has 0 bridgehead atoms. The van der Waals surface area contributed by atoms with Crippen molar-refractivity contribution >= 4 is 15.9 Å². The first-order chi connectivity index (χ1) is 8.19. The number of nitrogens with two attached hydrogens (primary N) is 1. The molecule has 2 N–H and O–H groups in total. The van der Waals surface area contributed by atoms with Gasteiger partial charge < -0.3 is 5.73 Å². The highest BCUT2D eigenvalue weighted by molar-refractivity contribution is 9.10. The van der Waals surface area contributed by atoms with E-state index in [1.807, 2.05) is 10.9 Å². The molecule has 90 valence electrons. The molecule has 0 spiro atoms. The largest absolute Gasteiger partial charge is 0.330 e. The molecule has 0 unspecified atom stereocenters. The van der Waals surface area contributed by atoms with E-state index < -0.39 is 0 Å². The number of aryl methyl sites for hydroxylation is 1. The van der Waals surface area contributed by atoms with Crippen LogP contribution in [0.2, 0.25) is 0 Å². The van der Waals surface area contributed by atoms with Gasteiger partial charge in [0.15, 0.2) is 0 Å². The van der Waals surface area contributed by atoms with Gasteiger partial charge in [0.25, 0.3) is 0 Å². The van der Waals surface area contributed by atoms with Gasteiger partial charge in [-0.25, -0.2) is 4.68 Å². The third-order valence-corrected chi connectivity index (χ3v) is 3.42. The van der Waals surface area contributed by atoms with Crippen LogP contribution in [0.5, 0.6) is 0 Å². The van der Waals surface area contributed by atoms with E-state index in [-0.39, 0.29) is 0 Å². The van der Waals surface area contributed by atoms with Crippen LogP contribution < -0.4 is 5.73 Å². The topological polar surface area (TPSA) is 56.7 Å². The summed E-state index contributed by atoms with van der Waals surface area (Å²) in [6, 6.07) is 6.31. The third-order valence-electron chi connectivity index (χ3n) is 2.57. The predicted octanol–water partition coefficient (Wildman–Crippen LogP) is 1.90. The van der Waals surface area contributed by atoms with Gasteiger partial charge in [0, 0.05) is 17.1 Å². The molecule has 0 aliphatic heterocycles. The Bertz CT molecular complexity index is 507. The predicted molar refractivity (Wildman–Crippen MR) is 70.8 cm³/mol. The van der Waals surface area contributed by atoms with Crippen molar-refractivity contribution in [2.75, 3.05) is 6.54 Å². The Morgan fingerprint density at radius 2 is 2.24 bits per heavy atom. The molecule has 0 radical (unpaired) electrons. The summed E-state index contributed by atoms with van der Waals surface area (Å²) in [5.41, 5.74) is 8.85. The maximum atomic E-state index is 5.48. The molecule has 0 saturated heterocycles. The lowest BCUT2D eigenvalue weighted by atomic mass is 10.1. The van der Waals surface area contributed by atoms with Gasteiger partial charge in [-0.15, -0.1) is 5.10 Å². The zero-order valence-corrected chi connectivity index (χ0v) is 11.3. The summed E-state index contributed by atoms with van der Waals surface area (Å²) >= 11 is 3.53. The minimum Gasteiger partial charge on any atom is -0.330 e. The molecular weight excluding hydrogens is 280 g/mol. The number of nitrogens with zero attached hydrogens (tertiary/aromatic N) is 3. The van der Waals surface area contributed by atoms with Crippen LogP contribution in [0.25, 0.3) is 0 Å². The Morgan fingerprint density at radius 3 is 2.94 bits per heavy atom. The second-order valence-corrected chi connectivity index (χ2v) is 4.88. The van der Waals surface area contributed by atoms with Crippen LogP contribution >= 0.6 is 15.9 Å². The minimum absolute atomic E-state index is 0.606. The molecule has 0 aliphatic rings. The fourth-order valence-corrected chi connectivity index (χ4v) is 2.03. The van der Waals surface area contributed by atoms with Crippen LogP contribution in [0, 0.1) is 6.92 Å². The summed E-state index contributed by atoms with van der Waals surface area (Å²) in [6.07, 6.45) is 2.72. The monoisotopic (exact) mass is 294 g/mol. The first kappa shape index (κ1) is 12.3. The second kappa shape index (κ2) is 5.42. The summed E-state index contributed by atoms with van der Waals surface area (Å²) in [5.74, 6) is 0. The molecule has 4 nitrogen and oxygen atoms in total. The van der Waals surface area contributed by atoms with Gasteiger partial charge in [-0.2, -0.15) is 0 Å². The summed E-state index contributed by atoms with van der Waals surface area (Å²) < 4.78 is 2.96. The van der Waals surface area contributed by atoms with Gasteiger partial charge in [-0.3, -0.25) is 0 Å². The average molecular weight is 295 g/mol. The maximum absolute atomic E-state index is 5.48. The normalized spacial score (nSPS) is 10.8. The highest BCUT2D eigenvalue weighted by Crippen LogP contribution is 2.17. The van der Waals surface area contributed by atoms with Gasteiger partial charge in [-0.1, -0.05) is 33.3 Å². The minimum atomic E-state index is 0.606. The molecule has 0 fully saturated rings. The smallest absolute Gasteiger partial charge is 0.0839 e. The Hall–Kier alpha value is -1.20. The average Bonchev–Trinajstić information content (AvgIpc) is 2.72. The second-order valence-electron chi connectivity index (χ2n) is 4.03. The van der Waals surface area contributed by atoms with Crippen molar-refractivity contribution in [3.05, 3.63) is 45.7 Å². The molecule has 1 aromatic heterocycles. The number of hydrogen-bond acceptors (Lipinski definition) is 3. The van der Waals surface area contributed by atoms with Crippen LogP contribution in [-0.2, 0) is 13.0 Å². The molecule has 1 aromatic carbocycles. The van der Waals surface area contributed by atoms with E-state index in [9.17, 15) is 0 Å². The molecule has 1 heterocycles. The van der Waals surface area contributed by atoms with Crippen LogP contribution in [0.4, 0.5) is 0 Å². The van der Waals surface area contributed by atoms with E-state index in [1.165, 1.54) is 11.1 Å². The Balaban J connectivity index is 2.11. The highest BCUT2D eigenvalue weighted by Gasteiger charge is 2.02. The fourth-order valence-electron chi connectivity index (χ4n) is 1.60. The molecule has 2 aromatic rings. The first-order valence-corrected chi connectivity index (χ1v) is 6.32. The van der Waals surface area contributed by atoms with Gasteiger partial charge in [0.1, 0.15) is 0 Å². The lowest BCUT2D eigenvalue weighted by Crippen LogP contribution is -2.03. The van der Waals surface area contributed by atoms with E-state index >= 15 is 0 Å². The van der Waals surface area contributed by atoms with E-state index in [4.69, 9.17) is 5.73 Å². The quantitative estimate of drug-likeness (QED) is 0.937. The lowest BCUT2D eigenvalue weighted by molar-refractivity contribution is 0.649. The molecule has 17 heavy (non-hydrogen) atoms. The first-order valence-electron chi connectivity index (χ1n) is 5.53. The van der Waals surface area contributed by atoms with Crippen LogP contribution in [0.15, 0.2) is 28.9 Å². The number of benzene rings is 1. The summed E-state index contributed by atoms with van der Waals surface area (Å²) in [7, 11) is 0. The Morgan fingerprint density at radius 1 is 1.41 bits per heavy atom. The van der Waals surface area contributed by atoms with Crippen molar-refractivity contribution in [1.82, 2.24) is 15.0 Å². The van der Waals surface area contributed by atoms with Crippen molar-refractivity contribution < 1.29 is 0 Å². The van der Waals surface area contributed by atoms with Gasteiger partial charge in [0.2, 0.25) is 0 Å². The van der Waals surface area contributed by atoms with E-state index in [2.05, 4.69) is 51.4 Å². The lowest BCUT2D eigenvalue weighted by Gasteiger charge is -2.03. The standard InChI is InChI=1S/C12H15BrN4/c1-9-2-3-10(6-12(9)13)7-17-8-11(4-5-14)15-16-17/h2-3,6,8H,4-5,7,14H2,1H3. The van der Waals surface area contributed by atoms with Crippen LogP contribution in [0.1, 0.15) is 16.8 Å². The molecule has 5 heteroatoms. The van der Waals surface area contributed by atoms with Crippen molar-refractivity contribution in [3.63, 3.8) is 0 Å². The van der Waals surface area contributed by atoms with Crippen LogP contribution in [0.3, 0.4) is 0 Å². The number of rotatable bonds is 4. The Kier molecular flexibility index (Phi) is 3.91. The van der Waals surface area contributed by atoms with Crippen LogP contribution in [-0.4, -0.2) is 21.5 Å². The number of aromatic nitrogens is 3. The molecule has 0 atom stereocenters. The van der Waals surface area contributed by atoms with Crippen molar-refractivity contribution in [2.24, 2.45) is 5.73 Å². The van der Waals surface area contributed by atoms with Gasteiger partial charge >= 0.3 is 0 Å². The molecular formula is C12H15BrN4. The summed E-state index contributed by atoms with van der Waals surface area (Å²) in [6.45, 7) is 3.41.